The minimum atomic E-state index is -0.589. The lowest BCUT2D eigenvalue weighted by Gasteiger charge is -2.29. The van der Waals surface area contributed by atoms with E-state index in [-0.39, 0.29) is 5.91 Å². The highest BCUT2D eigenvalue weighted by Crippen LogP contribution is 2.39. The summed E-state index contributed by atoms with van der Waals surface area (Å²) in [6, 6.07) is 9.42. The van der Waals surface area contributed by atoms with Crippen LogP contribution in [-0.2, 0) is 4.79 Å². The molecule has 1 aliphatic carbocycles. The van der Waals surface area contributed by atoms with Crippen molar-refractivity contribution in [2.75, 3.05) is 13.7 Å². The Labute approximate surface area is 194 Å². The number of benzene rings is 1. The smallest absolute Gasteiger partial charge is 0.260 e. The predicted octanol–water partition coefficient (Wildman–Crippen LogP) is 4.65. The molecule has 1 aliphatic rings. The monoisotopic (exact) mass is 448 g/mol. The molecule has 1 aromatic carbocycles. The Morgan fingerprint density at radius 2 is 1.88 bits per heavy atom. The van der Waals surface area contributed by atoms with E-state index in [0.29, 0.717) is 29.9 Å². The molecule has 3 aromatic rings. The number of nitrogens with zero attached hydrogens (tertiary/aromatic N) is 2. The summed E-state index contributed by atoms with van der Waals surface area (Å²) in [4.78, 5) is 16.8. The van der Waals surface area contributed by atoms with Gasteiger partial charge in [-0.05, 0) is 74.8 Å². The maximum absolute atomic E-state index is 12.6. The Hall–Kier alpha value is -3.35. The van der Waals surface area contributed by atoms with Crippen molar-refractivity contribution in [2.45, 2.75) is 51.6 Å². The number of methoxy groups -OCH3 is 1. The molecule has 2 N–H and O–H groups in total. The van der Waals surface area contributed by atoms with Crippen LogP contribution in [-0.4, -0.2) is 40.8 Å². The van der Waals surface area contributed by atoms with Crippen LogP contribution in [0, 0.1) is 12.8 Å². The van der Waals surface area contributed by atoms with Gasteiger partial charge in [0.2, 0.25) is 0 Å². The summed E-state index contributed by atoms with van der Waals surface area (Å²) >= 11 is 0. The second kappa shape index (κ2) is 10.5. The van der Waals surface area contributed by atoms with E-state index in [2.05, 4.69) is 33.5 Å². The number of nitrogens with one attached hydrogen (secondary N) is 2. The normalized spacial score (nSPS) is 19.0. The zero-order valence-corrected chi connectivity index (χ0v) is 19.5. The van der Waals surface area contributed by atoms with Gasteiger partial charge in [0.1, 0.15) is 0 Å². The van der Waals surface area contributed by atoms with Crippen molar-refractivity contribution in [3.05, 3.63) is 60.2 Å². The van der Waals surface area contributed by atoms with E-state index in [1.807, 2.05) is 36.8 Å². The number of rotatable bonds is 8. The Morgan fingerprint density at radius 1 is 1.12 bits per heavy atom. The molecule has 7 nitrogen and oxygen atoms in total. The van der Waals surface area contributed by atoms with Crippen LogP contribution in [0.15, 0.2) is 48.9 Å². The first-order valence-electron chi connectivity index (χ1n) is 11.6. The minimum Gasteiger partial charge on any atom is -0.493 e. The summed E-state index contributed by atoms with van der Waals surface area (Å²) in [5.74, 6) is 2.01. The van der Waals surface area contributed by atoms with Crippen LogP contribution >= 0.6 is 0 Å². The molecular weight excluding hydrogens is 416 g/mol. The summed E-state index contributed by atoms with van der Waals surface area (Å²) in [5.41, 5.74) is 4.73. The van der Waals surface area contributed by atoms with E-state index < -0.39 is 6.10 Å². The van der Waals surface area contributed by atoms with Crippen LogP contribution in [0.4, 0.5) is 0 Å². The quantitative estimate of drug-likeness (QED) is 0.524. The van der Waals surface area contributed by atoms with Gasteiger partial charge in [-0.3, -0.25) is 14.9 Å². The molecule has 0 radical (unpaired) electrons. The molecule has 4 rings (SSSR count). The molecule has 0 saturated heterocycles. The third-order valence-corrected chi connectivity index (χ3v) is 6.54. The van der Waals surface area contributed by atoms with Crippen molar-refractivity contribution in [2.24, 2.45) is 5.92 Å². The molecule has 0 bridgehead atoms. The number of hydrogen-bond acceptors (Lipinski definition) is 5. The lowest BCUT2D eigenvalue weighted by molar-refractivity contribution is -0.127. The van der Waals surface area contributed by atoms with Gasteiger partial charge in [0, 0.05) is 36.1 Å². The zero-order chi connectivity index (χ0) is 23.2. The van der Waals surface area contributed by atoms with Gasteiger partial charge in [-0.15, -0.1) is 0 Å². The molecule has 2 heterocycles. The van der Waals surface area contributed by atoms with E-state index >= 15 is 0 Å². The molecule has 0 aliphatic heterocycles. The third kappa shape index (κ3) is 5.35. The molecular formula is C26H32N4O3. The van der Waals surface area contributed by atoms with Crippen molar-refractivity contribution in [1.82, 2.24) is 20.5 Å². The first-order chi connectivity index (χ1) is 16.1. The van der Waals surface area contributed by atoms with E-state index in [1.165, 1.54) is 16.8 Å². The molecule has 1 atom stereocenters. The zero-order valence-electron chi connectivity index (χ0n) is 19.5. The Kier molecular flexibility index (Phi) is 7.27. The standard InChI is InChI=1S/C26H32N4O3/c1-17-14-27-13-12-21(17)22-16-29-30-25(22)20-10-8-19(9-11-20)15-28-26(31)18(2)33-24-7-5-4-6-23(24)32-3/h4-7,12-14,16,18-20H,8-11,15H2,1-3H3,(H,28,31)(H,29,30). The van der Waals surface area contributed by atoms with Crippen molar-refractivity contribution in [3.63, 3.8) is 0 Å². The van der Waals surface area contributed by atoms with Gasteiger partial charge in [-0.1, -0.05) is 12.1 Å². The topological polar surface area (TPSA) is 89.1 Å². The highest BCUT2D eigenvalue weighted by Gasteiger charge is 2.27. The molecule has 1 amide bonds. The second-order valence-electron chi connectivity index (χ2n) is 8.76. The fourth-order valence-electron chi connectivity index (χ4n) is 4.60. The van der Waals surface area contributed by atoms with Gasteiger partial charge in [0.05, 0.1) is 13.3 Å². The van der Waals surface area contributed by atoms with Crippen molar-refractivity contribution < 1.29 is 14.3 Å². The molecule has 0 spiro atoms. The molecule has 1 unspecified atom stereocenters. The highest BCUT2D eigenvalue weighted by atomic mass is 16.5. The maximum atomic E-state index is 12.6. The van der Waals surface area contributed by atoms with Gasteiger partial charge < -0.3 is 14.8 Å². The largest absolute Gasteiger partial charge is 0.493 e. The molecule has 7 heteroatoms. The van der Waals surface area contributed by atoms with Crippen LogP contribution in [0.25, 0.3) is 11.1 Å². The Balaban J connectivity index is 1.28. The summed E-state index contributed by atoms with van der Waals surface area (Å²) in [5, 5.41) is 10.7. The molecule has 1 saturated carbocycles. The SMILES string of the molecule is COc1ccccc1OC(C)C(=O)NCC1CCC(c2[nH]ncc2-c2ccncc2C)CC1. The minimum absolute atomic E-state index is 0.105. The predicted molar refractivity (Wildman–Crippen MR) is 127 cm³/mol. The van der Waals surface area contributed by atoms with Crippen LogP contribution in [0.2, 0.25) is 0 Å². The first-order valence-corrected chi connectivity index (χ1v) is 11.6. The average molecular weight is 449 g/mol. The van der Waals surface area contributed by atoms with Gasteiger partial charge >= 0.3 is 0 Å². The van der Waals surface area contributed by atoms with Crippen LogP contribution in [0.5, 0.6) is 11.5 Å². The average Bonchev–Trinajstić information content (AvgIpc) is 3.33. The fraction of sp³-hybridized carbons (Fsp3) is 0.423. The van der Waals surface area contributed by atoms with E-state index in [9.17, 15) is 4.79 Å². The van der Waals surface area contributed by atoms with Crippen LogP contribution in [0.1, 0.15) is 49.8 Å². The van der Waals surface area contributed by atoms with Crippen LogP contribution < -0.4 is 14.8 Å². The van der Waals surface area contributed by atoms with Crippen molar-refractivity contribution in [1.29, 1.82) is 0 Å². The second-order valence-corrected chi connectivity index (χ2v) is 8.76. The van der Waals surface area contributed by atoms with E-state index in [4.69, 9.17) is 9.47 Å². The van der Waals surface area contributed by atoms with E-state index in [1.54, 1.807) is 20.1 Å². The number of carbonyl (C=O) groups is 1. The number of pyridine rings is 1. The number of aromatic amines is 1. The number of aryl methyl sites for hydroxylation is 1. The lowest BCUT2D eigenvalue weighted by atomic mass is 9.79. The van der Waals surface area contributed by atoms with Crippen molar-refractivity contribution in [3.8, 4) is 22.6 Å². The number of H-pyrrole nitrogens is 1. The van der Waals surface area contributed by atoms with Gasteiger partial charge in [-0.25, -0.2) is 0 Å². The number of aromatic nitrogens is 3. The van der Waals surface area contributed by atoms with Gasteiger partial charge in [0.25, 0.3) is 5.91 Å². The molecule has 2 aromatic heterocycles. The lowest BCUT2D eigenvalue weighted by Crippen LogP contribution is -2.39. The Bertz CT molecular complexity index is 1070. The number of amides is 1. The highest BCUT2D eigenvalue weighted by molar-refractivity contribution is 5.80. The van der Waals surface area contributed by atoms with Gasteiger partial charge in [0.15, 0.2) is 17.6 Å². The number of hydrogen-bond donors (Lipinski definition) is 2. The third-order valence-electron chi connectivity index (χ3n) is 6.54. The maximum Gasteiger partial charge on any atom is 0.260 e. The molecule has 174 valence electrons. The summed E-state index contributed by atoms with van der Waals surface area (Å²) in [6.45, 7) is 4.52. The van der Waals surface area contributed by atoms with Crippen LogP contribution in [0.3, 0.4) is 0 Å². The first kappa shape index (κ1) is 22.8. The fourth-order valence-corrected chi connectivity index (χ4v) is 4.60. The van der Waals surface area contributed by atoms with Crippen molar-refractivity contribution >= 4 is 5.91 Å². The molecule has 33 heavy (non-hydrogen) atoms. The summed E-state index contributed by atoms with van der Waals surface area (Å²) in [7, 11) is 1.59. The van der Waals surface area contributed by atoms with Gasteiger partial charge in [-0.2, -0.15) is 5.10 Å². The number of para-hydroxylation sites is 2. The summed E-state index contributed by atoms with van der Waals surface area (Å²) < 4.78 is 11.1. The Morgan fingerprint density at radius 3 is 2.61 bits per heavy atom. The van der Waals surface area contributed by atoms with E-state index in [0.717, 1.165) is 31.2 Å². The number of ether oxygens (including phenoxy) is 2. The molecule has 1 fully saturated rings. The summed E-state index contributed by atoms with van der Waals surface area (Å²) in [6.07, 6.45) is 9.35. The number of carbonyl (C=O) groups excluding carboxylic acids is 1.